The van der Waals surface area contributed by atoms with Crippen LogP contribution in [0.4, 0.5) is 11.4 Å². The Morgan fingerprint density at radius 3 is 2.56 bits per heavy atom. The number of nitro benzene ring substituents is 1. The summed E-state index contributed by atoms with van der Waals surface area (Å²) >= 11 is 0. The molecule has 0 fully saturated rings. The van der Waals surface area contributed by atoms with E-state index < -0.39 is 4.92 Å². The molecular formula is C18H16N4O3. The molecule has 7 heteroatoms. The van der Waals surface area contributed by atoms with E-state index in [1.165, 1.54) is 6.07 Å². The zero-order chi connectivity index (χ0) is 17.6. The van der Waals surface area contributed by atoms with Gasteiger partial charge in [-0.15, -0.1) is 0 Å². The molecule has 1 amide bonds. The third-order valence-electron chi connectivity index (χ3n) is 3.68. The molecule has 0 saturated carbocycles. The average Bonchev–Trinajstić information content (AvgIpc) is 3.10. The number of para-hydroxylation sites is 1. The first-order valence-corrected chi connectivity index (χ1v) is 7.70. The molecule has 0 bridgehead atoms. The van der Waals surface area contributed by atoms with Crippen LogP contribution in [0.1, 0.15) is 11.1 Å². The van der Waals surface area contributed by atoms with Crippen molar-refractivity contribution in [3.8, 4) is 0 Å². The molecular weight excluding hydrogens is 320 g/mol. The average molecular weight is 336 g/mol. The molecule has 1 heterocycles. The standard InChI is InChI=1S/C18H16N4O3/c23-18(12-15-4-1-2-5-17(15)22(24)25)20-16-8-6-14(7-9-16)13-21-11-3-10-19-21/h1-11H,12-13H2,(H,20,23). The van der Waals surface area contributed by atoms with Crippen molar-refractivity contribution < 1.29 is 9.72 Å². The van der Waals surface area contributed by atoms with Crippen LogP contribution in [0, 0.1) is 10.1 Å². The van der Waals surface area contributed by atoms with Gasteiger partial charge in [0, 0.05) is 29.7 Å². The first-order chi connectivity index (χ1) is 12.1. The molecule has 0 aliphatic carbocycles. The van der Waals surface area contributed by atoms with Gasteiger partial charge in [0.1, 0.15) is 0 Å². The van der Waals surface area contributed by atoms with Crippen LogP contribution in [0.3, 0.4) is 0 Å². The lowest BCUT2D eigenvalue weighted by Gasteiger charge is -2.07. The molecule has 3 rings (SSSR count). The summed E-state index contributed by atoms with van der Waals surface area (Å²) in [6.45, 7) is 0.650. The third-order valence-corrected chi connectivity index (χ3v) is 3.68. The Bertz CT molecular complexity index is 874. The number of nitrogens with one attached hydrogen (secondary N) is 1. The number of carbonyl (C=O) groups is 1. The number of hydrogen-bond acceptors (Lipinski definition) is 4. The van der Waals surface area contributed by atoms with Crippen LogP contribution in [-0.4, -0.2) is 20.6 Å². The molecule has 25 heavy (non-hydrogen) atoms. The number of nitrogens with zero attached hydrogens (tertiary/aromatic N) is 3. The summed E-state index contributed by atoms with van der Waals surface area (Å²) in [6, 6.07) is 15.5. The van der Waals surface area contributed by atoms with Crippen molar-refractivity contribution in [3.63, 3.8) is 0 Å². The van der Waals surface area contributed by atoms with Crippen molar-refractivity contribution in [1.29, 1.82) is 0 Å². The summed E-state index contributed by atoms with van der Waals surface area (Å²) < 4.78 is 1.81. The van der Waals surface area contributed by atoms with E-state index in [1.54, 1.807) is 36.5 Å². The van der Waals surface area contributed by atoms with Crippen molar-refractivity contribution in [1.82, 2.24) is 9.78 Å². The number of carbonyl (C=O) groups excluding carboxylic acids is 1. The molecule has 2 aromatic carbocycles. The molecule has 0 radical (unpaired) electrons. The van der Waals surface area contributed by atoms with Crippen molar-refractivity contribution in [2.45, 2.75) is 13.0 Å². The van der Waals surface area contributed by atoms with Crippen molar-refractivity contribution in [2.75, 3.05) is 5.32 Å². The normalized spacial score (nSPS) is 10.4. The molecule has 3 aromatic rings. The maximum absolute atomic E-state index is 12.2. The number of aromatic nitrogens is 2. The maximum atomic E-state index is 12.2. The first kappa shape index (κ1) is 16.4. The second-order valence-corrected chi connectivity index (χ2v) is 5.51. The molecule has 7 nitrogen and oxygen atoms in total. The van der Waals surface area contributed by atoms with Crippen LogP contribution in [0.25, 0.3) is 0 Å². The lowest BCUT2D eigenvalue weighted by molar-refractivity contribution is -0.385. The molecule has 0 atom stereocenters. The highest BCUT2D eigenvalue weighted by molar-refractivity contribution is 5.92. The Labute approximate surface area is 144 Å². The Morgan fingerprint density at radius 1 is 1.12 bits per heavy atom. The second kappa shape index (κ2) is 7.39. The zero-order valence-corrected chi connectivity index (χ0v) is 13.3. The number of amides is 1. The fraction of sp³-hybridized carbons (Fsp3) is 0.111. The van der Waals surface area contributed by atoms with E-state index >= 15 is 0 Å². The van der Waals surface area contributed by atoms with Crippen LogP contribution < -0.4 is 5.32 Å². The van der Waals surface area contributed by atoms with Gasteiger partial charge in [-0.3, -0.25) is 19.6 Å². The predicted octanol–water partition coefficient (Wildman–Crippen LogP) is 3.02. The second-order valence-electron chi connectivity index (χ2n) is 5.51. The van der Waals surface area contributed by atoms with E-state index in [-0.39, 0.29) is 18.0 Å². The van der Waals surface area contributed by atoms with Crippen LogP contribution in [-0.2, 0) is 17.8 Å². The topological polar surface area (TPSA) is 90.1 Å². The number of benzene rings is 2. The Balaban J connectivity index is 1.62. The van der Waals surface area contributed by atoms with Gasteiger partial charge < -0.3 is 5.32 Å². The van der Waals surface area contributed by atoms with Gasteiger partial charge in [0.2, 0.25) is 5.91 Å². The van der Waals surface area contributed by atoms with Crippen molar-refractivity contribution >= 4 is 17.3 Å². The van der Waals surface area contributed by atoms with Gasteiger partial charge in [0.05, 0.1) is 17.9 Å². The Kier molecular flexibility index (Phi) is 4.84. The van der Waals surface area contributed by atoms with Crippen LogP contribution >= 0.6 is 0 Å². The van der Waals surface area contributed by atoms with E-state index in [4.69, 9.17) is 0 Å². The van der Waals surface area contributed by atoms with E-state index in [0.717, 1.165) is 5.56 Å². The molecule has 0 saturated heterocycles. The van der Waals surface area contributed by atoms with Gasteiger partial charge >= 0.3 is 0 Å². The van der Waals surface area contributed by atoms with Crippen molar-refractivity contribution in [2.24, 2.45) is 0 Å². The highest BCUT2D eigenvalue weighted by Gasteiger charge is 2.15. The maximum Gasteiger partial charge on any atom is 0.273 e. The summed E-state index contributed by atoms with van der Waals surface area (Å²) in [5.74, 6) is -0.297. The molecule has 0 aliphatic rings. The summed E-state index contributed by atoms with van der Waals surface area (Å²) in [4.78, 5) is 22.7. The number of nitro groups is 1. The molecule has 0 unspecified atom stereocenters. The van der Waals surface area contributed by atoms with Gasteiger partial charge in [-0.1, -0.05) is 30.3 Å². The Hall–Kier alpha value is -3.48. The molecule has 1 N–H and O–H groups in total. The molecule has 0 aliphatic heterocycles. The van der Waals surface area contributed by atoms with Gasteiger partial charge in [-0.25, -0.2) is 0 Å². The third kappa shape index (κ3) is 4.29. The van der Waals surface area contributed by atoms with Crippen LogP contribution in [0.5, 0.6) is 0 Å². The van der Waals surface area contributed by atoms with Crippen LogP contribution in [0.2, 0.25) is 0 Å². The Morgan fingerprint density at radius 2 is 1.88 bits per heavy atom. The SMILES string of the molecule is O=C(Cc1ccccc1[N+](=O)[O-])Nc1ccc(Cn2cccn2)cc1. The minimum Gasteiger partial charge on any atom is -0.326 e. The highest BCUT2D eigenvalue weighted by Crippen LogP contribution is 2.19. The smallest absolute Gasteiger partial charge is 0.273 e. The summed E-state index contributed by atoms with van der Waals surface area (Å²) in [5, 5.41) is 17.9. The summed E-state index contributed by atoms with van der Waals surface area (Å²) in [5.41, 5.74) is 2.04. The number of anilines is 1. The fourth-order valence-corrected chi connectivity index (χ4v) is 2.49. The monoisotopic (exact) mass is 336 g/mol. The van der Waals surface area contributed by atoms with E-state index in [1.807, 2.05) is 29.1 Å². The first-order valence-electron chi connectivity index (χ1n) is 7.70. The zero-order valence-electron chi connectivity index (χ0n) is 13.3. The summed E-state index contributed by atoms with van der Waals surface area (Å²) in [6.07, 6.45) is 3.55. The molecule has 1 aromatic heterocycles. The summed E-state index contributed by atoms with van der Waals surface area (Å²) in [7, 11) is 0. The largest absolute Gasteiger partial charge is 0.326 e. The van der Waals surface area contributed by atoms with Crippen LogP contribution in [0.15, 0.2) is 67.0 Å². The quantitative estimate of drug-likeness (QED) is 0.553. The minimum atomic E-state index is -0.479. The molecule has 126 valence electrons. The highest BCUT2D eigenvalue weighted by atomic mass is 16.6. The fourth-order valence-electron chi connectivity index (χ4n) is 2.49. The van der Waals surface area contributed by atoms with E-state index in [2.05, 4.69) is 10.4 Å². The molecule has 0 spiro atoms. The van der Waals surface area contributed by atoms with E-state index in [0.29, 0.717) is 17.8 Å². The van der Waals surface area contributed by atoms with Gasteiger partial charge in [0.15, 0.2) is 0 Å². The van der Waals surface area contributed by atoms with Gasteiger partial charge in [0.25, 0.3) is 5.69 Å². The number of rotatable bonds is 6. The van der Waals surface area contributed by atoms with Crippen molar-refractivity contribution in [3.05, 3.63) is 88.2 Å². The van der Waals surface area contributed by atoms with E-state index in [9.17, 15) is 14.9 Å². The predicted molar refractivity (Wildman–Crippen MR) is 93.2 cm³/mol. The lowest BCUT2D eigenvalue weighted by atomic mass is 10.1. The minimum absolute atomic E-state index is 0.0489. The van der Waals surface area contributed by atoms with Gasteiger partial charge in [-0.05, 0) is 23.8 Å². The lowest BCUT2D eigenvalue weighted by Crippen LogP contribution is -2.15. The van der Waals surface area contributed by atoms with Gasteiger partial charge in [-0.2, -0.15) is 5.10 Å². The number of hydrogen-bond donors (Lipinski definition) is 1.